The van der Waals surface area contributed by atoms with Crippen molar-refractivity contribution in [3.05, 3.63) is 278 Å². The second kappa shape index (κ2) is 20.0. The summed E-state index contributed by atoms with van der Waals surface area (Å²) in [7, 11) is 0. The molecule has 2 nitrogen and oxygen atoms in total. The van der Waals surface area contributed by atoms with E-state index in [-0.39, 0.29) is 0 Å². The summed E-state index contributed by atoms with van der Waals surface area (Å²) in [5, 5.41) is 10.1. The van der Waals surface area contributed by atoms with Crippen molar-refractivity contribution < 1.29 is 0 Å². The zero-order valence-corrected chi connectivity index (χ0v) is 46.7. The van der Waals surface area contributed by atoms with Crippen LogP contribution in [0.2, 0.25) is 0 Å². The molecule has 2 heteroatoms. The van der Waals surface area contributed by atoms with Gasteiger partial charge in [0, 0.05) is 56.7 Å². The van der Waals surface area contributed by atoms with Gasteiger partial charge in [0.2, 0.25) is 0 Å². The Morgan fingerprint density at radius 1 is 0.207 bits per heavy atom. The average Bonchev–Trinajstić information content (AvgIpc) is 4.19. The average molecular weight is 1050 g/mol. The Kier molecular flexibility index (Phi) is 11.9. The second-order valence-electron chi connectivity index (χ2n) is 22.3. The number of aryl methyl sites for hydroxylation is 4. The van der Waals surface area contributed by atoms with E-state index in [9.17, 15) is 0 Å². The van der Waals surface area contributed by atoms with E-state index in [0.717, 1.165) is 13.1 Å². The molecule has 82 heavy (non-hydrogen) atoms. The fourth-order valence-electron chi connectivity index (χ4n) is 13.4. The van der Waals surface area contributed by atoms with Gasteiger partial charge in [-0.05, 0) is 187 Å². The molecule has 15 aromatic rings. The van der Waals surface area contributed by atoms with E-state index < -0.39 is 0 Å². The van der Waals surface area contributed by atoms with Crippen molar-refractivity contribution in [1.82, 2.24) is 9.13 Å². The molecule has 2 heterocycles. The summed E-state index contributed by atoms with van der Waals surface area (Å²) in [4.78, 5) is 0. The zero-order valence-electron chi connectivity index (χ0n) is 46.7. The Morgan fingerprint density at radius 3 is 0.854 bits per heavy atom. The van der Waals surface area contributed by atoms with Gasteiger partial charge in [-0.1, -0.05) is 230 Å². The van der Waals surface area contributed by atoms with Gasteiger partial charge in [-0.15, -0.1) is 0 Å². The number of fused-ring (bicyclic) bond motifs is 8. The summed E-state index contributed by atoms with van der Waals surface area (Å²) in [6.07, 6.45) is 0. The van der Waals surface area contributed by atoms with Crippen LogP contribution in [0, 0.1) is 13.8 Å². The number of para-hydroxylation sites is 2. The van der Waals surface area contributed by atoms with Crippen molar-refractivity contribution >= 4 is 65.2 Å². The number of hydrogen-bond acceptors (Lipinski definition) is 0. The van der Waals surface area contributed by atoms with Crippen molar-refractivity contribution in [2.75, 3.05) is 0 Å². The van der Waals surface area contributed by atoms with Crippen LogP contribution in [0.25, 0.3) is 154 Å². The van der Waals surface area contributed by atoms with Crippen LogP contribution in [0.15, 0.2) is 267 Å². The summed E-state index contributed by atoms with van der Waals surface area (Å²) < 4.78 is 4.84. The lowest BCUT2D eigenvalue weighted by molar-refractivity contribution is 0.827. The Hall–Kier alpha value is -10.0. The maximum absolute atomic E-state index is 2.44. The molecule has 13 aromatic carbocycles. The minimum absolute atomic E-state index is 0.941. The summed E-state index contributed by atoms with van der Waals surface area (Å²) in [6, 6.07) is 100. The van der Waals surface area contributed by atoms with Gasteiger partial charge in [0.15, 0.2) is 0 Å². The lowest BCUT2D eigenvalue weighted by Crippen LogP contribution is -1.93. The first-order valence-corrected chi connectivity index (χ1v) is 29.0. The van der Waals surface area contributed by atoms with Crippen molar-refractivity contribution in [3.63, 3.8) is 0 Å². The van der Waals surface area contributed by atoms with E-state index in [1.54, 1.807) is 0 Å². The van der Waals surface area contributed by atoms with Gasteiger partial charge in [-0.2, -0.15) is 0 Å². The highest BCUT2D eigenvalue weighted by Crippen LogP contribution is 2.47. The van der Waals surface area contributed by atoms with Gasteiger partial charge < -0.3 is 9.13 Å². The highest BCUT2D eigenvalue weighted by Gasteiger charge is 2.20. The molecular weight excluding hydrogens is 989 g/mol. The highest BCUT2D eigenvalue weighted by molar-refractivity contribution is 6.23. The molecule has 0 spiro atoms. The fraction of sp³-hybridized carbons (Fsp3) is 0.0750. The van der Waals surface area contributed by atoms with Crippen molar-refractivity contribution in [3.8, 4) is 89.0 Å². The van der Waals surface area contributed by atoms with Crippen LogP contribution in [0.5, 0.6) is 0 Å². The SMILES string of the molecule is CCn1c2ccccc2c2cc(-c3ccc(-c4ccc(-c5c6ccc(-c7cccc(C)c7)cc6c(-c6ccc(-c7ccc(-c8ccc9c(c8)c8ccccc8n9CC)cc7)cc6)c6ccc(-c7cccc(C)c7)cc56)cc4)cc3)ccc21. The lowest BCUT2D eigenvalue weighted by Gasteiger charge is -2.20. The number of nitrogens with zero attached hydrogens (tertiary/aromatic N) is 2. The minimum atomic E-state index is 0.941. The molecule has 2 aromatic heterocycles. The summed E-state index contributed by atoms with van der Waals surface area (Å²) in [5.41, 5.74) is 27.0. The second-order valence-corrected chi connectivity index (χ2v) is 22.3. The Bertz CT molecular complexity index is 4650. The normalized spacial score (nSPS) is 11.8. The Balaban J connectivity index is 0.827. The standard InChI is InChI=1S/C80H60N2/c1-5-81-75-19-9-7-17-67(75)71-47-63(39-43-77(71)81)57-25-21-53(22-26-57)55-29-33-59(34-30-55)79-69-41-37-66(62-16-12-14-52(4)46-62)50-74(69)80(70-42-38-65(49-73(70)79)61-15-11-13-51(3)45-61)60-35-31-56(32-36-60)54-23-27-58(28-24-54)64-40-44-78-72(48-64)68-18-8-10-20-76(68)82(78)6-2/h7-50H,5-6H2,1-4H3. The van der Waals surface area contributed by atoms with Crippen molar-refractivity contribution in [1.29, 1.82) is 0 Å². The largest absolute Gasteiger partial charge is 0.341 e. The van der Waals surface area contributed by atoms with Crippen molar-refractivity contribution in [2.24, 2.45) is 0 Å². The fourth-order valence-corrected chi connectivity index (χ4v) is 13.4. The topological polar surface area (TPSA) is 9.86 Å². The Morgan fingerprint density at radius 2 is 0.488 bits per heavy atom. The van der Waals surface area contributed by atoms with Crippen molar-refractivity contribution in [2.45, 2.75) is 40.8 Å². The molecule has 0 aliphatic heterocycles. The van der Waals surface area contributed by atoms with Gasteiger partial charge in [0.05, 0.1) is 0 Å². The first-order chi connectivity index (χ1) is 40.3. The number of rotatable bonds is 10. The monoisotopic (exact) mass is 1050 g/mol. The summed E-state index contributed by atoms with van der Waals surface area (Å²) >= 11 is 0. The first kappa shape index (κ1) is 49.1. The molecule has 0 fully saturated rings. The van der Waals surface area contributed by atoms with Crippen LogP contribution in [-0.2, 0) is 13.1 Å². The third-order valence-electron chi connectivity index (χ3n) is 17.4. The Labute approximate surface area is 479 Å². The van der Waals surface area contributed by atoms with E-state index >= 15 is 0 Å². The first-order valence-electron chi connectivity index (χ1n) is 29.0. The van der Waals surface area contributed by atoms with Gasteiger partial charge in [-0.3, -0.25) is 0 Å². The van der Waals surface area contributed by atoms with E-state index in [4.69, 9.17) is 0 Å². The van der Waals surface area contributed by atoms with Gasteiger partial charge in [-0.25, -0.2) is 0 Å². The van der Waals surface area contributed by atoms with Gasteiger partial charge in [0.25, 0.3) is 0 Å². The molecule has 390 valence electrons. The third-order valence-corrected chi connectivity index (χ3v) is 17.4. The number of benzene rings is 13. The molecule has 0 atom stereocenters. The molecule has 0 N–H and O–H groups in total. The highest BCUT2D eigenvalue weighted by atomic mass is 15.0. The maximum atomic E-state index is 2.44. The zero-order chi connectivity index (χ0) is 55.0. The lowest BCUT2D eigenvalue weighted by atomic mass is 9.83. The van der Waals surface area contributed by atoms with E-state index in [0.29, 0.717) is 0 Å². The number of hydrogen-bond donors (Lipinski definition) is 0. The molecule has 15 rings (SSSR count). The van der Waals surface area contributed by atoms with E-state index in [1.807, 2.05) is 0 Å². The molecule has 0 saturated carbocycles. The van der Waals surface area contributed by atoms with Crippen LogP contribution >= 0.6 is 0 Å². The smallest absolute Gasteiger partial charge is 0.0491 e. The molecular formula is C80H60N2. The van der Waals surface area contributed by atoms with Gasteiger partial charge >= 0.3 is 0 Å². The maximum Gasteiger partial charge on any atom is 0.0491 e. The van der Waals surface area contributed by atoms with Gasteiger partial charge in [0.1, 0.15) is 0 Å². The molecule has 0 unspecified atom stereocenters. The predicted molar refractivity (Wildman–Crippen MR) is 352 cm³/mol. The summed E-state index contributed by atoms with van der Waals surface area (Å²) in [6.45, 7) is 10.7. The molecule has 0 bridgehead atoms. The van der Waals surface area contributed by atoms with E-state index in [2.05, 4.69) is 304 Å². The number of aromatic nitrogens is 2. The molecule has 0 radical (unpaired) electrons. The molecule has 0 aliphatic carbocycles. The van der Waals surface area contributed by atoms with Crippen LogP contribution < -0.4 is 0 Å². The third kappa shape index (κ3) is 8.33. The molecule has 0 amide bonds. The minimum Gasteiger partial charge on any atom is -0.341 e. The van der Waals surface area contributed by atoms with Crippen LogP contribution in [0.4, 0.5) is 0 Å². The molecule has 0 saturated heterocycles. The van der Waals surface area contributed by atoms with Crippen LogP contribution in [-0.4, -0.2) is 9.13 Å². The molecule has 0 aliphatic rings. The van der Waals surface area contributed by atoms with E-state index in [1.165, 1.54) is 165 Å². The quantitative estimate of drug-likeness (QED) is 0.121. The van der Waals surface area contributed by atoms with Crippen LogP contribution in [0.1, 0.15) is 25.0 Å². The summed E-state index contributed by atoms with van der Waals surface area (Å²) in [5.74, 6) is 0. The van der Waals surface area contributed by atoms with Crippen LogP contribution in [0.3, 0.4) is 0 Å². The predicted octanol–water partition coefficient (Wildman–Crippen LogP) is 22.2.